The first-order chi connectivity index (χ1) is 13.6. The Labute approximate surface area is 161 Å². The van der Waals surface area contributed by atoms with E-state index in [1.807, 2.05) is 19.1 Å². The molecule has 1 aliphatic rings. The molecular weight excluding hydrogens is 360 g/mol. The number of rotatable bonds is 4. The van der Waals surface area contributed by atoms with E-state index in [0.29, 0.717) is 37.3 Å². The van der Waals surface area contributed by atoms with Crippen molar-refractivity contribution in [3.63, 3.8) is 0 Å². The van der Waals surface area contributed by atoms with Gasteiger partial charge in [0.2, 0.25) is 0 Å². The second-order valence-corrected chi connectivity index (χ2v) is 6.77. The summed E-state index contributed by atoms with van der Waals surface area (Å²) in [6, 6.07) is 8.81. The van der Waals surface area contributed by atoms with Crippen LogP contribution >= 0.6 is 0 Å². The van der Waals surface area contributed by atoms with Crippen LogP contribution in [0, 0.1) is 6.92 Å². The monoisotopic (exact) mass is 380 g/mol. The number of amides is 2. The first-order valence-corrected chi connectivity index (χ1v) is 9.09. The van der Waals surface area contributed by atoms with E-state index in [0.717, 1.165) is 11.3 Å². The van der Waals surface area contributed by atoms with E-state index in [2.05, 4.69) is 20.8 Å². The zero-order chi connectivity index (χ0) is 19.5. The predicted octanol–water partition coefficient (Wildman–Crippen LogP) is 1.60. The number of nitrogens with one attached hydrogen (secondary N) is 1. The summed E-state index contributed by atoms with van der Waals surface area (Å²) < 4.78 is 6.73. The summed E-state index contributed by atoms with van der Waals surface area (Å²) in [7, 11) is 0. The van der Waals surface area contributed by atoms with Gasteiger partial charge in [-0.1, -0.05) is 0 Å². The maximum atomic E-state index is 12.6. The minimum atomic E-state index is -0.123. The van der Waals surface area contributed by atoms with Crippen LogP contribution in [0.2, 0.25) is 0 Å². The number of piperidine rings is 1. The van der Waals surface area contributed by atoms with Crippen LogP contribution in [0.15, 0.2) is 47.3 Å². The number of carbonyl (C=O) groups excluding carboxylic acids is 2. The standard InChI is InChI=1S/C19H20N6O3/c1-13-11-14(4-5-16(13)25-12-20-22-23-25)18(26)21-15-6-8-24(9-7-15)19(27)17-3-2-10-28-17/h2-5,10-12,15H,6-9H2,1H3,(H,21,26). The van der Waals surface area contributed by atoms with Crippen molar-refractivity contribution in [2.45, 2.75) is 25.8 Å². The van der Waals surface area contributed by atoms with Gasteiger partial charge in [-0.2, -0.15) is 0 Å². The lowest BCUT2D eigenvalue weighted by molar-refractivity contribution is 0.0667. The fraction of sp³-hybridized carbons (Fsp3) is 0.316. The summed E-state index contributed by atoms with van der Waals surface area (Å²) in [5.41, 5.74) is 2.31. The third-order valence-electron chi connectivity index (χ3n) is 4.90. The van der Waals surface area contributed by atoms with E-state index in [4.69, 9.17) is 4.42 Å². The summed E-state index contributed by atoms with van der Waals surface area (Å²) in [5.74, 6) is 0.117. The minimum Gasteiger partial charge on any atom is -0.459 e. The van der Waals surface area contributed by atoms with E-state index in [1.165, 1.54) is 12.6 Å². The van der Waals surface area contributed by atoms with Crippen molar-refractivity contribution in [3.05, 3.63) is 59.8 Å². The van der Waals surface area contributed by atoms with Crippen LogP contribution in [0.25, 0.3) is 5.69 Å². The van der Waals surface area contributed by atoms with Gasteiger partial charge in [0.05, 0.1) is 12.0 Å². The van der Waals surface area contributed by atoms with E-state index >= 15 is 0 Å². The summed E-state index contributed by atoms with van der Waals surface area (Å²) in [6.07, 6.45) is 4.42. The molecule has 1 N–H and O–H groups in total. The SMILES string of the molecule is Cc1cc(C(=O)NC2CCN(C(=O)c3ccco3)CC2)ccc1-n1cnnn1. The van der Waals surface area contributed by atoms with Crippen LogP contribution in [-0.4, -0.2) is 56.1 Å². The molecule has 4 rings (SSSR count). The van der Waals surface area contributed by atoms with Gasteiger partial charge in [-0.05, 0) is 66.1 Å². The first-order valence-electron chi connectivity index (χ1n) is 9.09. The van der Waals surface area contributed by atoms with Crippen LogP contribution in [0.4, 0.5) is 0 Å². The number of nitrogens with zero attached hydrogens (tertiary/aromatic N) is 5. The Morgan fingerprint density at radius 2 is 2.04 bits per heavy atom. The van der Waals surface area contributed by atoms with Crippen molar-refractivity contribution in [2.24, 2.45) is 0 Å². The lowest BCUT2D eigenvalue weighted by Crippen LogP contribution is -2.46. The molecular formula is C19H20N6O3. The molecule has 1 aliphatic heterocycles. The molecule has 144 valence electrons. The van der Waals surface area contributed by atoms with Crippen LogP contribution < -0.4 is 5.32 Å². The number of furan rings is 1. The Morgan fingerprint density at radius 1 is 1.21 bits per heavy atom. The van der Waals surface area contributed by atoms with Crippen molar-refractivity contribution in [1.82, 2.24) is 30.4 Å². The average Bonchev–Trinajstić information content (AvgIpc) is 3.42. The Hall–Kier alpha value is -3.49. The van der Waals surface area contributed by atoms with Crippen LogP contribution in [-0.2, 0) is 0 Å². The molecule has 9 heteroatoms. The number of carbonyl (C=O) groups is 2. The molecule has 1 aromatic carbocycles. The normalized spacial score (nSPS) is 14.8. The number of aryl methyl sites for hydroxylation is 1. The quantitative estimate of drug-likeness (QED) is 0.737. The summed E-state index contributed by atoms with van der Waals surface area (Å²) in [6.45, 7) is 3.08. The van der Waals surface area contributed by atoms with Crippen LogP contribution in [0.1, 0.15) is 39.3 Å². The predicted molar refractivity (Wildman–Crippen MR) is 99.0 cm³/mol. The number of hydrogen-bond acceptors (Lipinski definition) is 6. The molecule has 0 bridgehead atoms. The molecule has 2 amide bonds. The highest BCUT2D eigenvalue weighted by Crippen LogP contribution is 2.17. The van der Waals surface area contributed by atoms with Gasteiger partial charge in [-0.15, -0.1) is 5.10 Å². The van der Waals surface area contributed by atoms with Gasteiger partial charge in [0.1, 0.15) is 6.33 Å². The molecule has 0 unspecified atom stereocenters. The lowest BCUT2D eigenvalue weighted by Gasteiger charge is -2.31. The first kappa shape index (κ1) is 17.9. The van der Waals surface area contributed by atoms with Crippen LogP contribution in [0.3, 0.4) is 0 Å². The molecule has 0 radical (unpaired) electrons. The second-order valence-electron chi connectivity index (χ2n) is 6.77. The van der Waals surface area contributed by atoms with Gasteiger partial charge < -0.3 is 14.6 Å². The summed E-state index contributed by atoms with van der Waals surface area (Å²) in [5, 5.41) is 14.2. The minimum absolute atomic E-state index is 0.0349. The van der Waals surface area contributed by atoms with Gasteiger partial charge in [-0.3, -0.25) is 9.59 Å². The third kappa shape index (κ3) is 3.64. The van der Waals surface area contributed by atoms with Gasteiger partial charge in [0.25, 0.3) is 11.8 Å². The lowest BCUT2D eigenvalue weighted by atomic mass is 10.0. The van der Waals surface area contributed by atoms with E-state index in [-0.39, 0.29) is 17.9 Å². The van der Waals surface area contributed by atoms with E-state index in [1.54, 1.807) is 27.8 Å². The molecule has 0 atom stereocenters. The van der Waals surface area contributed by atoms with Gasteiger partial charge in [-0.25, -0.2) is 4.68 Å². The second kappa shape index (κ2) is 7.63. The average molecular weight is 380 g/mol. The molecule has 9 nitrogen and oxygen atoms in total. The van der Waals surface area contributed by atoms with Crippen LogP contribution in [0.5, 0.6) is 0 Å². The molecule has 2 aromatic heterocycles. The molecule has 0 aliphatic carbocycles. The van der Waals surface area contributed by atoms with Crippen molar-refractivity contribution >= 4 is 11.8 Å². The third-order valence-corrected chi connectivity index (χ3v) is 4.90. The molecule has 0 saturated carbocycles. The van der Waals surface area contributed by atoms with Crippen molar-refractivity contribution in [2.75, 3.05) is 13.1 Å². The molecule has 1 saturated heterocycles. The van der Waals surface area contributed by atoms with Crippen molar-refractivity contribution in [3.8, 4) is 5.69 Å². The zero-order valence-electron chi connectivity index (χ0n) is 15.4. The highest BCUT2D eigenvalue weighted by Gasteiger charge is 2.26. The van der Waals surface area contributed by atoms with Crippen molar-refractivity contribution in [1.29, 1.82) is 0 Å². The zero-order valence-corrected chi connectivity index (χ0v) is 15.4. The highest BCUT2D eigenvalue weighted by atomic mass is 16.3. The Morgan fingerprint density at radius 3 is 2.68 bits per heavy atom. The number of aromatic nitrogens is 4. The smallest absolute Gasteiger partial charge is 0.289 e. The van der Waals surface area contributed by atoms with E-state index in [9.17, 15) is 9.59 Å². The summed E-state index contributed by atoms with van der Waals surface area (Å²) >= 11 is 0. The van der Waals surface area contributed by atoms with Gasteiger partial charge >= 0.3 is 0 Å². The molecule has 3 aromatic rings. The number of tetrazole rings is 1. The largest absolute Gasteiger partial charge is 0.459 e. The Kier molecular flexibility index (Phi) is 4.88. The van der Waals surface area contributed by atoms with E-state index < -0.39 is 0 Å². The molecule has 0 spiro atoms. The highest BCUT2D eigenvalue weighted by molar-refractivity contribution is 5.95. The maximum absolute atomic E-state index is 12.6. The van der Waals surface area contributed by atoms with Gasteiger partial charge in [0.15, 0.2) is 5.76 Å². The number of benzene rings is 1. The molecule has 1 fully saturated rings. The fourth-order valence-corrected chi connectivity index (χ4v) is 3.38. The maximum Gasteiger partial charge on any atom is 0.289 e. The number of likely N-dealkylation sites (tertiary alicyclic amines) is 1. The molecule has 3 heterocycles. The molecule has 28 heavy (non-hydrogen) atoms. The Bertz CT molecular complexity index is 960. The van der Waals surface area contributed by atoms with Gasteiger partial charge in [0, 0.05) is 24.7 Å². The Balaban J connectivity index is 1.35. The van der Waals surface area contributed by atoms with Crippen molar-refractivity contribution < 1.29 is 14.0 Å². The topological polar surface area (TPSA) is 106 Å². The fourth-order valence-electron chi connectivity index (χ4n) is 3.38. The summed E-state index contributed by atoms with van der Waals surface area (Å²) in [4.78, 5) is 26.7. The number of hydrogen-bond donors (Lipinski definition) is 1.